The molecule has 0 aliphatic carbocycles. The first-order chi connectivity index (χ1) is 39.4. The van der Waals surface area contributed by atoms with Gasteiger partial charge in [-0.3, -0.25) is 27.3 Å². The number of carboxylic acid groups (broad SMARTS) is 2. The Hall–Kier alpha value is -2.56. The molecule has 0 saturated carbocycles. The van der Waals surface area contributed by atoms with Gasteiger partial charge >= 0.3 is 74.3 Å². The second-order valence-electron chi connectivity index (χ2n) is 18.2. The molecule has 46 nitrogen and oxygen atoms in total. The van der Waals surface area contributed by atoms with Crippen molar-refractivity contribution in [2.75, 3.05) is 48.3 Å². The molecule has 0 amide bonds. The predicted octanol–water partition coefficient (Wildman–Crippen LogP) is -10.3. The first kappa shape index (κ1) is 74.2. The predicted molar refractivity (Wildman–Crippen MR) is 255 cm³/mol. The van der Waals surface area contributed by atoms with Gasteiger partial charge in [0, 0.05) is 28.4 Å². The van der Waals surface area contributed by atoms with Crippen LogP contribution in [0.25, 0.3) is 0 Å². The number of hydrogen-bond acceptors (Lipinski definition) is 38. The lowest BCUT2D eigenvalue weighted by atomic mass is 9.94. The van der Waals surface area contributed by atoms with E-state index in [1.807, 2.05) is 0 Å². The minimum atomic E-state index is -6.01. The van der Waals surface area contributed by atoms with Crippen LogP contribution in [0.2, 0.25) is 0 Å². The van der Waals surface area contributed by atoms with E-state index in [1.54, 1.807) is 0 Å². The van der Waals surface area contributed by atoms with E-state index in [1.165, 1.54) is 0 Å². The summed E-state index contributed by atoms with van der Waals surface area (Å²) in [6, 6.07) is -6.22. The summed E-state index contributed by atoms with van der Waals surface area (Å²) in [5.74, 6) is -4.27. The van der Waals surface area contributed by atoms with E-state index in [9.17, 15) is 108 Å². The van der Waals surface area contributed by atoms with Crippen LogP contribution in [0.1, 0.15) is 0 Å². The molecular formula is C34H59N3O43S6. The molecule has 0 spiro atoms. The monoisotopic (exact) mass is 1390 g/mol. The summed E-state index contributed by atoms with van der Waals surface area (Å²) in [5.41, 5.74) is 18.5. The maximum absolute atomic E-state index is 13.0. The van der Waals surface area contributed by atoms with Crippen LogP contribution in [0, 0.1) is 0 Å². The summed E-state index contributed by atoms with van der Waals surface area (Å²) < 4.78 is 300. The van der Waals surface area contributed by atoms with Gasteiger partial charge in [-0.15, -0.1) is 0 Å². The topological polar surface area (TPSA) is 695 Å². The minimum Gasteiger partial charge on any atom is -0.479 e. The Morgan fingerprint density at radius 1 is 0.372 bits per heavy atom. The van der Waals surface area contributed by atoms with Crippen LogP contribution in [0.5, 0.6) is 0 Å². The van der Waals surface area contributed by atoms with Gasteiger partial charge in [0.05, 0.1) is 37.9 Å². The zero-order valence-electron chi connectivity index (χ0n) is 43.7. The normalized spacial score (nSPS) is 39.8. The SMILES string of the molecule is CO[C@@H]1[C@@H](OC)[C@H](O[C@H]2[C@H](OS(=O)(=O)O)[C@@H](N)[C@@H](O[C@H]3[C@H](O)[C@@H](OS(=O)(=O)O)[C@H](O[C@H]4[C@H](OS(=O)(=O)O)[C@@H](N)[C@@H](O)O[C@@H]4COS(=O)(=O)O)O[C@H]3C(=O)O)O[C@@H]2COS(=O)(=O)O)O[C@H](C(=O)O)[C@H]1O[C@H]1O[C@H](COS(=O)(=O)O)[C@@H](OC)[C@H](OC)[C@H]1N. The van der Waals surface area contributed by atoms with Gasteiger partial charge in [-0.05, 0) is 0 Å². The van der Waals surface area contributed by atoms with Gasteiger partial charge in [-0.25, -0.2) is 34.7 Å². The van der Waals surface area contributed by atoms with Gasteiger partial charge in [-0.1, -0.05) is 0 Å². The van der Waals surface area contributed by atoms with Crippen LogP contribution >= 0.6 is 0 Å². The Morgan fingerprint density at radius 2 is 0.698 bits per heavy atom. The number of aliphatic hydroxyl groups excluding tert-OH is 2. The maximum atomic E-state index is 13.0. The van der Waals surface area contributed by atoms with E-state index in [0.717, 1.165) is 28.4 Å². The number of aliphatic hydroxyl groups is 2. The third-order valence-electron chi connectivity index (χ3n) is 12.7. The summed E-state index contributed by atoms with van der Waals surface area (Å²) in [4.78, 5) is 26.0. The summed E-state index contributed by atoms with van der Waals surface area (Å²) in [6.45, 7) is -4.19. The van der Waals surface area contributed by atoms with Gasteiger partial charge in [-0.2, -0.15) is 50.5 Å². The lowest BCUT2D eigenvalue weighted by molar-refractivity contribution is -0.374. The molecule has 5 aliphatic heterocycles. The number of hydrogen-bond donors (Lipinski definition) is 13. The Labute approximate surface area is 485 Å². The van der Waals surface area contributed by atoms with Crippen molar-refractivity contribution in [1.82, 2.24) is 0 Å². The minimum absolute atomic E-state index is 0.901. The molecule has 504 valence electrons. The molecule has 5 heterocycles. The van der Waals surface area contributed by atoms with E-state index < -0.39 is 247 Å². The zero-order chi connectivity index (χ0) is 65.1. The van der Waals surface area contributed by atoms with Crippen molar-refractivity contribution in [3.05, 3.63) is 0 Å². The highest BCUT2D eigenvalue weighted by atomic mass is 32.3. The summed E-state index contributed by atoms with van der Waals surface area (Å²) in [7, 11) is -29.9. The number of nitrogens with two attached hydrogens (primary N) is 3. The lowest BCUT2D eigenvalue weighted by Crippen LogP contribution is -2.71. The summed E-state index contributed by atoms with van der Waals surface area (Å²) in [6.07, 6.45) is -51.6. The Morgan fingerprint density at radius 3 is 1.08 bits per heavy atom. The number of aliphatic carboxylic acids is 2. The van der Waals surface area contributed by atoms with Crippen LogP contribution in [0.3, 0.4) is 0 Å². The summed E-state index contributed by atoms with van der Waals surface area (Å²) in [5, 5.41) is 43.1. The van der Waals surface area contributed by atoms with E-state index in [2.05, 4.69) is 20.9 Å². The lowest BCUT2D eigenvalue weighted by Gasteiger charge is -2.50. The molecule has 0 radical (unpaired) electrons. The zero-order valence-corrected chi connectivity index (χ0v) is 48.6. The van der Waals surface area contributed by atoms with Crippen LogP contribution in [0.4, 0.5) is 0 Å². The molecule has 5 aliphatic rings. The van der Waals surface area contributed by atoms with E-state index in [-0.39, 0.29) is 0 Å². The quantitative estimate of drug-likeness (QED) is 0.0309. The van der Waals surface area contributed by atoms with Crippen LogP contribution in [-0.4, -0.2) is 312 Å². The van der Waals surface area contributed by atoms with Crippen molar-refractivity contribution in [2.45, 2.75) is 153 Å². The van der Waals surface area contributed by atoms with Crippen molar-refractivity contribution < 1.29 is 195 Å². The fourth-order valence-corrected chi connectivity index (χ4v) is 11.7. The number of carboxylic acids is 2. The van der Waals surface area contributed by atoms with Gasteiger partial charge in [0.15, 0.2) is 49.8 Å². The molecule has 5 fully saturated rings. The average Bonchev–Trinajstić information content (AvgIpc) is 0.884. The van der Waals surface area contributed by atoms with Crippen LogP contribution in [0.15, 0.2) is 0 Å². The molecule has 5 saturated heterocycles. The van der Waals surface area contributed by atoms with Crippen LogP contribution in [-0.2, 0) is 159 Å². The molecule has 16 N–H and O–H groups in total. The molecule has 86 heavy (non-hydrogen) atoms. The number of rotatable bonds is 29. The highest BCUT2D eigenvalue weighted by Crippen LogP contribution is 2.39. The molecule has 0 aromatic heterocycles. The molecule has 52 heteroatoms. The molecule has 5 rings (SSSR count). The second kappa shape index (κ2) is 29.4. The molecule has 0 bridgehead atoms. The fourth-order valence-electron chi connectivity index (χ4n) is 9.26. The first-order valence-electron chi connectivity index (χ1n) is 23.3. The molecule has 0 aromatic carbocycles. The van der Waals surface area contributed by atoms with Crippen LogP contribution < -0.4 is 17.2 Å². The molecule has 0 aromatic rings. The Bertz CT molecular complexity index is 3000. The smallest absolute Gasteiger partial charge is 0.397 e. The third-order valence-corrected chi connectivity index (χ3v) is 15.4. The Balaban J connectivity index is 1.54. The van der Waals surface area contributed by atoms with Crippen molar-refractivity contribution in [2.24, 2.45) is 17.2 Å². The first-order valence-corrected chi connectivity index (χ1v) is 31.5. The fraction of sp³-hybridized carbons (Fsp3) is 0.941. The van der Waals surface area contributed by atoms with Gasteiger partial charge in [0.1, 0.15) is 85.5 Å². The second-order valence-corrected chi connectivity index (χ2v) is 24.6. The summed E-state index contributed by atoms with van der Waals surface area (Å²) >= 11 is 0. The maximum Gasteiger partial charge on any atom is 0.397 e. The number of methoxy groups -OCH3 is 4. The standard InChI is InChI=1S/C34H59N3O43S6/c1-62-15-8(5-66-81(44,45)46)70-31(12(36)18(15)63-2)75-24-23(64-3)27(65-4)34(77-26(24)29(41)42)73-17-10(7-68-83(50,51)52)71-32(13(37)20(17)79-85(56,57)58)74-21-14(38)22(80-86(59,60)61)33(76-25(21)28(39)40)72-16-9(6-67-82(47,48)49)69-30(43)11(35)19(16)78-84(53,54)55/h8-27,30-34,38,43H,5-7,35-37H2,1-4H3,(H,39,40)(H,41,42)(H,44,45,46)(H,47,48,49)(H,50,51,52)(H,53,54,55)(H,56,57,58)(H,59,60,61)/t8-,9-,10-,11-,12-,13-,14+,15-,16-,17-,18-,19-,20-,21+,22-,23+,24+,25-,26+,27-,30+,31-,32-,33-,34-/m1/s1. The van der Waals surface area contributed by atoms with Crippen molar-refractivity contribution >= 4 is 74.3 Å². The Kier molecular flexibility index (Phi) is 25.3. The number of ether oxygens (including phenoxy) is 13. The third kappa shape index (κ3) is 20.0. The van der Waals surface area contributed by atoms with Gasteiger partial charge < -0.3 is 99.2 Å². The highest BCUT2D eigenvalue weighted by Gasteiger charge is 2.61. The van der Waals surface area contributed by atoms with Crippen molar-refractivity contribution in [1.29, 1.82) is 0 Å². The molecule has 0 unspecified atom stereocenters. The highest BCUT2D eigenvalue weighted by molar-refractivity contribution is 7.82. The van der Waals surface area contributed by atoms with E-state index in [0.29, 0.717) is 0 Å². The molecule has 25 atom stereocenters. The van der Waals surface area contributed by atoms with E-state index in [4.69, 9.17) is 83.0 Å². The largest absolute Gasteiger partial charge is 0.479 e. The van der Waals surface area contributed by atoms with Gasteiger partial charge in [0.2, 0.25) is 0 Å². The molecular weight excluding hydrogens is 1330 g/mol. The average molecular weight is 1390 g/mol. The van der Waals surface area contributed by atoms with Gasteiger partial charge in [0.25, 0.3) is 0 Å². The van der Waals surface area contributed by atoms with Crippen molar-refractivity contribution in [3.8, 4) is 0 Å². The van der Waals surface area contributed by atoms with E-state index >= 15 is 0 Å². The number of carbonyl (C=O) groups is 2. The van der Waals surface area contributed by atoms with Crippen molar-refractivity contribution in [3.63, 3.8) is 0 Å².